The summed E-state index contributed by atoms with van der Waals surface area (Å²) < 4.78 is 7.00. The lowest BCUT2D eigenvalue weighted by Gasteiger charge is -2.05. The van der Waals surface area contributed by atoms with Crippen molar-refractivity contribution >= 4 is 16.6 Å². The average Bonchev–Trinajstić information content (AvgIpc) is 2.84. The predicted molar refractivity (Wildman–Crippen MR) is 83.2 cm³/mol. The van der Waals surface area contributed by atoms with E-state index in [-0.39, 0.29) is 10.6 Å². The van der Waals surface area contributed by atoms with Crippen molar-refractivity contribution < 1.29 is 9.66 Å². The average molecular weight is 297 g/mol. The number of aryl methyl sites for hydroxylation is 1. The van der Waals surface area contributed by atoms with Crippen molar-refractivity contribution in [2.24, 2.45) is 0 Å². The second-order valence-corrected chi connectivity index (χ2v) is 5.05. The fraction of sp³-hybridized carbons (Fsp3) is 0.188. The number of nitro groups is 1. The van der Waals surface area contributed by atoms with Crippen LogP contribution in [0.25, 0.3) is 10.9 Å². The van der Waals surface area contributed by atoms with E-state index in [9.17, 15) is 10.1 Å². The Morgan fingerprint density at radius 1 is 1.23 bits per heavy atom. The van der Waals surface area contributed by atoms with Crippen LogP contribution < -0.4 is 4.74 Å². The zero-order valence-corrected chi connectivity index (χ0v) is 12.3. The molecule has 0 amide bonds. The Morgan fingerprint density at radius 2 is 1.95 bits per heavy atom. The van der Waals surface area contributed by atoms with E-state index in [0.717, 1.165) is 27.9 Å². The Bertz CT molecular complexity index is 838. The van der Waals surface area contributed by atoms with Gasteiger partial charge < -0.3 is 4.74 Å². The summed E-state index contributed by atoms with van der Waals surface area (Å²) in [4.78, 5) is 10.5. The molecule has 3 aromatic rings. The SMILES string of the molecule is COc1ccc(Cn2nc(C)c3cc([N+](=O)[O-])ccc32)cc1. The summed E-state index contributed by atoms with van der Waals surface area (Å²) in [5, 5.41) is 16.2. The lowest BCUT2D eigenvalue weighted by molar-refractivity contribution is -0.384. The minimum Gasteiger partial charge on any atom is -0.497 e. The third kappa shape index (κ3) is 2.50. The third-order valence-corrected chi connectivity index (χ3v) is 3.62. The van der Waals surface area contributed by atoms with Crippen LogP contribution in [0.3, 0.4) is 0 Å². The molecular weight excluding hydrogens is 282 g/mol. The molecule has 1 heterocycles. The minimum absolute atomic E-state index is 0.0830. The Morgan fingerprint density at radius 3 is 2.59 bits per heavy atom. The number of aromatic nitrogens is 2. The molecule has 0 N–H and O–H groups in total. The molecule has 0 saturated carbocycles. The fourth-order valence-corrected chi connectivity index (χ4v) is 2.47. The van der Waals surface area contributed by atoms with Crippen molar-refractivity contribution in [2.75, 3.05) is 7.11 Å². The first-order valence-corrected chi connectivity index (χ1v) is 6.83. The van der Waals surface area contributed by atoms with E-state index in [1.807, 2.05) is 35.9 Å². The summed E-state index contributed by atoms with van der Waals surface area (Å²) in [6, 6.07) is 12.6. The molecule has 6 heteroatoms. The predicted octanol–water partition coefficient (Wildman–Crippen LogP) is 3.31. The molecule has 0 fully saturated rings. The molecule has 0 bridgehead atoms. The number of hydrogen-bond acceptors (Lipinski definition) is 4. The molecule has 112 valence electrons. The van der Waals surface area contributed by atoms with Crippen LogP contribution in [0.1, 0.15) is 11.3 Å². The maximum absolute atomic E-state index is 10.9. The molecule has 0 radical (unpaired) electrons. The van der Waals surface area contributed by atoms with E-state index in [1.165, 1.54) is 6.07 Å². The van der Waals surface area contributed by atoms with Gasteiger partial charge in [0.1, 0.15) is 5.75 Å². The van der Waals surface area contributed by atoms with Crippen LogP contribution in [0, 0.1) is 17.0 Å². The second kappa shape index (κ2) is 5.48. The number of hydrogen-bond donors (Lipinski definition) is 0. The summed E-state index contributed by atoms with van der Waals surface area (Å²) in [5.41, 5.74) is 2.84. The molecule has 0 aliphatic heterocycles. The number of non-ortho nitro benzene ring substituents is 1. The molecule has 6 nitrogen and oxygen atoms in total. The highest BCUT2D eigenvalue weighted by atomic mass is 16.6. The Balaban J connectivity index is 1.98. The van der Waals surface area contributed by atoms with Crippen LogP contribution in [0.2, 0.25) is 0 Å². The van der Waals surface area contributed by atoms with Gasteiger partial charge in [-0.2, -0.15) is 5.10 Å². The van der Waals surface area contributed by atoms with E-state index in [4.69, 9.17) is 4.74 Å². The first-order valence-electron chi connectivity index (χ1n) is 6.83. The zero-order valence-electron chi connectivity index (χ0n) is 12.3. The van der Waals surface area contributed by atoms with Crippen molar-refractivity contribution in [3.63, 3.8) is 0 Å². The summed E-state index contributed by atoms with van der Waals surface area (Å²) in [6.45, 7) is 2.46. The van der Waals surface area contributed by atoms with Gasteiger partial charge in [0.05, 0.1) is 29.8 Å². The molecule has 0 aliphatic rings. The van der Waals surface area contributed by atoms with Gasteiger partial charge in [0, 0.05) is 17.5 Å². The van der Waals surface area contributed by atoms with Crippen LogP contribution in [-0.4, -0.2) is 21.8 Å². The largest absolute Gasteiger partial charge is 0.497 e. The summed E-state index contributed by atoms with van der Waals surface area (Å²) in [6.07, 6.45) is 0. The monoisotopic (exact) mass is 297 g/mol. The number of benzene rings is 2. The summed E-state index contributed by atoms with van der Waals surface area (Å²) >= 11 is 0. The number of ether oxygens (including phenoxy) is 1. The lowest BCUT2D eigenvalue weighted by Crippen LogP contribution is -2.01. The lowest BCUT2D eigenvalue weighted by atomic mass is 10.2. The number of fused-ring (bicyclic) bond motifs is 1. The van der Waals surface area contributed by atoms with Gasteiger partial charge in [-0.25, -0.2) is 0 Å². The maximum Gasteiger partial charge on any atom is 0.270 e. The highest BCUT2D eigenvalue weighted by Crippen LogP contribution is 2.24. The molecule has 0 spiro atoms. The summed E-state index contributed by atoms with van der Waals surface area (Å²) in [5.74, 6) is 0.806. The van der Waals surface area contributed by atoms with Crippen LogP contribution in [0.4, 0.5) is 5.69 Å². The van der Waals surface area contributed by atoms with Crippen molar-refractivity contribution in [3.05, 3.63) is 63.8 Å². The van der Waals surface area contributed by atoms with Gasteiger partial charge in [-0.3, -0.25) is 14.8 Å². The standard InChI is InChI=1S/C16H15N3O3/c1-11-15-9-13(19(20)21)5-8-16(15)18(17-11)10-12-3-6-14(22-2)7-4-12/h3-9H,10H2,1-2H3. The van der Waals surface area contributed by atoms with Crippen LogP contribution in [-0.2, 0) is 6.54 Å². The quantitative estimate of drug-likeness (QED) is 0.547. The first kappa shape index (κ1) is 14.1. The van der Waals surface area contributed by atoms with Crippen LogP contribution >= 0.6 is 0 Å². The molecule has 0 saturated heterocycles. The van der Waals surface area contributed by atoms with E-state index in [0.29, 0.717) is 6.54 Å². The number of nitro benzene ring substituents is 1. The Hall–Kier alpha value is -2.89. The molecular formula is C16H15N3O3. The van der Waals surface area contributed by atoms with Gasteiger partial charge in [-0.1, -0.05) is 12.1 Å². The van der Waals surface area contributed by atoms with Crippen LogP contribution in [0.5, 0.6) is 5.75 Å². The van der Waals surface area contributed by atoms with Crippen molar-refractivity contribution in [3.8, 4) is 5.75 Å². The molecule has 3 rings (SSSR count). The first-order chi connectivity index (χ1) is 10.6. The van der Waals surface area contributed by atoms with E-state index >= 15 is 0 Å². The van der Waals surface area contributed by atoms with Crippen molar-refractivity contribution in [1.29, 1.82) is 0 Å². The number of nitrogens with zero attached hydrogens (tertiary/aromatic N) is 3. The van der Waals surface area contributed by atoms with Gasteiger partial charge >= 0.3 is 0 Å². The Labute approximate surface area is 127 Å². The van der Waals surface area contributed by atoms with Crippen molar-refractivity contribution in [1.82, 2.24) is 9.78 Å². The fourth-order valence-electron chi connectivity index (χ4n) is 2.47. The number of rotatable bonds is 4. The van der Waals surface area contributed by atoms with Gasteiger partial charge in [-0.05, 0) is 30.7 Å². The molecule has 1 aromatic heterocycles. The van der Waals surface area contributed by atoms with Gasteiger partial charge in [0.15, 0.2) is 0 Å². The summed E-state index contributed by atoms with van der Waals surface area (Å²) in [7, 11) is 1.63. The van der Waals surface area contributed by atoms with Gasteiger partial charge in [-0.15, -0.1) is 0 Å². The minimum atomic E-state index is -0.389. The molecule has 2 aromatic carbocycles. The van der Waals surface area contributed by atoms with E-state index in [1.54, 1.807) is 19.2 Å². The molecule has 0 unspecified atom stereocenters. The molecule has 22 heavy (non-hydrogen) atoms. The second-order valence-electron chi connectivity index (χ2n) is 5.05. The topological polar surface area (TPSA) is 70.2 Å². The van der Waals surface area contributed by atoms with Gasteiger partial charge in [0.2, 0.25) is 0 Å². The highest BCUT2D eigenvalue weighted by molar-refractivity contribution is 5.84. The smallest absolute Gasteiger partial charge is 0.270 e. The molecule has 0 aliphatic carbocycles. The maximum atomic E-state index is 10.9. The van der Waals surface area contributed by atoms with Crippen molar-refractivity contribution in [2.45, 2.75) is 13.5 Å². The highest BCUT2D eigenvalue weighted by Gasteiger charge is 2.13. The zero-order chi connectivity index (χ0) is 15.7. The third-order valence-electron chi connectivity index (χ3n) is 3.62. The molecule has 0 atom stereocenters. The van der Waals surface area contributed by atoms with E-state index in [2.05, 4.69) is 5.10 Å². The van der Waals surface area contributed by atoms with Gasteiger partial charge in [0.25, 0.3) is 5.69 Å². The normalized spacial score (nSPS) is 10.8. The van der Waals surface area contributed by atoms with Crippen LogP contribution in [0.15, 0.2) is 42.5 Å². The Kier molecular flexibility index (Phi) is 3.50. The van der Waals surface area contributed by atoms with E-state index < -0.39 is 0 Å². The number of methoxy groups -OCH3 is 1.